The third-order valence-corrected chi connectivity index (χ3v) is 7.24. The second-order valence-electron chi connectivity index (χ2n) is 8.11. The van der Waals surface area contributed by atoms with E-state index >= 15 is 0 Å². The first-order valence-electron chi connectivity index (χ1n) is 8.32. The summed E-state index contributed by atoms with van der Waals surface area (Å²) < 4.78 is 6.33. The van der Waals surface area contributed by atoms with E-state index in [0.717, 1.165) is 18.4 Å². The van der Waals surface area contributed by atoms with Gasteiger partial charge in [0, 0.05) is 12.6 Å². The van der Waals surface area contributed by atoms with E-state index in [1.807, 2.05) is 0 Å². The molecule has 2 nitrogen and oxygen atoms in total. The summed E-state index contributed by atoms with van der Waals surface area (Å²) in [6.45, 7) is 8.31. The van der Waals surface area contributed by atoms with Gasteiger partial charge in [-0.1, -0.05) is 27.2 Å². The second-order valence-corrected chi connectivity index (χ2v) is 8.11. The van der Waals surface area contributed by atoms with Gasteiger partial charge in [-0.3, -0.25) is 0 Å². The Balaban J connectivity index is 1.52. The molecule has 2 N–H and O–H groups in total. The van der Waals surface area contributed by atoms with Crippen molar-refractivity contribution in [2.24, 2.45) is 28.4 Å². The lowest BCUT2D eigenvalue weighted by molar-refractivity contribution is -0.0503. The summed E-state index contributed by atoms with van der Waals surface area (Å²) in [7, 11) is 0. The van der Waals surface area contributed by atoms with Crippen molar-refractivity contribution < 1.29 is 4.74 Å². The van der Waals surface area contributed by atoms with Gasteiger partial charge in [-0.25, -0.2) is 0 Å². The van der Waals surface area contributed by atoms with Crippen LogP contribution in [0.25, 0.3) is 0 Å². The number of nitrogens with two attached hydrogens (primary N) is 1. The Labute approximate surface area is 118 Å². The van der Waals surface area contributed by atoms with Crippen LogP contribution in [0.5, 0.6) is 0 Å². The first kappa shape index (κ1) is 13.9. The smallest absolute Gasteiger partial charge is 0.0636 e. The zero-order valence-corrected chi connectivity index (χ0v) is 13.0. The molecule has 0 spiro atoms. The van der Waals surface area contributed by atoms with Crippen molar-refractivity contribution in [2.75, 3.05) is 6.61 Å². The van der Waals surface area contributed by atoms with Crippen molar-refractivity contribution in [3.63, 3.8) is 0 Å². The minimum Gasteiger partial charge on any atom is -0.378 e. The first-order chi connectivity index (χ1) is 8.95. The highest BCUT2D eigenvalue weighted by molar-refractivity contribution is 5.11. The van der Waals surface area contributed by atoms with Crippen LogP contribution in [0.15, 0.2) is 0 Å². The molecular formula is C17H31NO. The molecule has 0 aromatic heterocycles. The van der Waals surface area contributed by atoms with E-state index in [4.69, 9.17) is 10.5 Å². The molecule has 0 aliphatic heterocycles. The van der Waals surface area contributed by atoms with Crippen molar-refractivity contribution >= 4 is 0 Å². The van der Waals surface area contributed by atoms with Gasteiger partial charge in [0.2, 0.25) is 0 Å². The zero-order chi connectivity index (χ0) is 13.7. The van der Waals surface area contributed by atoms with E-state index in [2.05, 4.69) is 20.8 Å². The summed E-state index contributed by atoms with van der Waals surface area (Å²) in [4.78, 5) is 0. The molecule has 3 aliphatic rings. The summed E-state index contributed by atoms with van der Waals surface area (Å²) in [6.07, 6.45) is 9.61. The van der Waals surface area contributed by atoms with Gasteiger partial charge in [-0.2, -0.15) is 0 Å². The van der Waals surface area contributed by atoms with Gasteiger partial charge < -0.3 is 10.5 Å². The second kappa shape index (κ2) is 4.73. The molecule has 5 atom stereocenters. The van der Waals surface area contributed by atoms with Crippen molar-refractivity contribution in [3.05, 3.63) is 0 Å². The zero-order valence-electron chi connectivity index (χ0n) is 13.0. The summed E-state index contributed by atoms with van der Waals surface area (Å²) in [5.74, 6) is 1.61. The quantitative estimate of drug-likeness (QED) is 0.840. The number of rotatable bonds is 4. The molecule has 3 aliphatic carbocycles. The minimum atomic E-state index is 0.412. The van der Waals surface area contributed by atoms with Crippen molar-refractivity contribution in [1.82, 2.24) is 0 Å². The lowest BCUT2D eigenvalue weighted by atomic mass is 9.70. The summed E-state index contributed by atoms with van der Waals surface area (Å²) in [5, 5.41) is 0. The molecule has 19 heavy (non-hydrogen) atoms. The van der Waals surface area contributed by atoms with E-state index in [9.17, 15) is 0 Å². The fourth-order valence-corrected chi connectivity index (χ4v) is 5.17. The van der Waals surface area contributed by atoms with E-state index in [1.165, 1.54) is 44.9 Å². The highest BCUT2D eigenvalue weighted by Gasteiger charge is 2.61. The van der Waals surface area contributed by atoms with Crippen LogP contribution in [0.3, 0.4) is 0 Å². The van der Waals surface area contributed by atoms with Crippen LogP contribution >= 0.6 is 0 Å². The van der Waals surface area contributed by atoms with Gasteiger partial charge in [-0.15, -0.1) is 0 Å². The van der Waals surface area contributed by atoms with Gasteiger partial charge in [0.1, 0.15) is 0 Å². The average Bonchev–Trinajstić information content (AvgIpc) is 2.91. The Bertz CT molecular complexity index is 340. The summed E-state index contributed by atoms with van der Waals surface area (Å²) in [5.41, 5.74) is 7.03. The molecule has 2 heteroatoms. The van der Waals surface area contributed by atoms with E-state index in [-0.39, 0.29) is 0 Å². The largest absolute Gasteiger partial charge is 0.378 e. The number of ether oxygens (including phenoxy) is 1. The molecule has 3 fully saturated rings. The molecule has 2 bridgehead atoms. The number of hydrogen-bond acceptors (Lipinski definition) is 2. The van der Waals surface area contributed by atoms with Gasteiger partial charge >= 0.3 is 0 Å². The summed E-state index contributed by atoms with van der Waals surface area (Å²) in [6, 6.07) is 0.440. The monoisotopic (exact) mass is 265 g/mol. The lowest BCUT2D eigenvalue weighted by Gasteiger charge is -2.39. The van der Waals surface area contributed by atoms with Crippen LogP contribution in [-0.4, -0.2) is 18.8 Å². The molecule has 0 aromatic rings. The van der Waals surface area contributed by atoms with Crippen LogP contribution in [0.4, 0.5) is 0 Å². The topological polar surface area (TPSA) is 35.2 Å². The molecule has 0 radical (unpaired) electrons. The van der Waals surface area contributed by atoms with E-state index in [1.54, 1.807) is 0 Å². The molecular weight excluding hydrogens is 234 g/mol. The fraction of sp³-hybridized carbons (Fsp3) is 1.00. The van der Waals surface area contributed by atoms with Crippen molar-refractivity contribution in [1.29, 1.82) is 0 Å². The molecule has 110 valence electrons. The van der Waals surface area contributed by atoms with Crippen LogP contribution in [-0.2, 0) is 4.74 Å². The predicted molar refractivity (Wildman–Crippen MR) is 78.9 cm³/mol. The van der Waals surface area contributed by atoms with E-state index < -0.39 is 0 Å². The maximum Gasteiger partial charge on any atom is 0.0636 e. The summed E-state index contributed by atoms with van der Waals surface area (Å²) >= 11 is 0. The minimum absolute atomic E-state index is 0.412. The van der Waals surface area contributed by atoms with Crippen LogP contribution in [0, 0.1) is 22.7 Å². The van der Waals surface area contributed by atoms with Gasteiger partial charge in [0.05, 0.1) is 6.10 Å². The number of fused-ring (bicyclic) bond motifs is 2. The van der Waals surface area contributed by atoms with Crippen molar-refractivity contribution in [2.45, 2.75) is 77.9 Å². The highest BCUT2D eigenvalue weighted by atomic mass is 16.5. The Morgan fingerprint density at radius 2 is 1.95 bits per heavy atom. The third kappa shape index (κ3) is 2.06. The van der Waals surface area contributed by atoms with Crippen LogP contribution in [0.2, 0.25) is 0 Å². The molecule has 0 aromatic carbocycles. The third-order valence-electron chi connectivity index (χ3n) is 7.24. The molecule has 5 unspecified atom stereocenters. The Morgan fingerprint density at radius 3 is 2.47 bits per heavy atom. The standard InChI is InChI=1S/C17H31NO/c1-16(2)13-7-9-17(16,3)15(11-13)19-10-8-12-5-4-6-14(12)18/h12-15H,4-11,18H2,1-3H3. The molecule has 3 rings (SSSR count). The average molecular weight is 265 g/mol. The Kier molecular flexibility index (Phi) is 3.46. The maximum absolute atomic E-state index is 6.33. The molecule has 0 saturated heterocycles. The van der Waals surface area contributed by atoms with Gasteiger partial charge in [0.15, 0.2) is 0 Å². The van der Waals surface area contributed by atoms with Crippen molar-refractivity contribution in [3.8, 4) is 0 Å². The van der Waals surface area contributed by atoms with E-state index in [0.29, 0.717) is 23.0 Å². The maximum atomic E-state index is 6.33. The highest BCUT2D eigenvalue weighted by Crippen LogP contribution is 2.66. The number of hydrogen-bond donors (Lipinski definition) is 1. The first-order valence-corrected chi connectivity index (χ1v) is 8.32. The SMILES string of the molecule is CC1(C)C2CCC1(C)C(OCCC1CCCC1N)C2. The predicted octanol–water partition coefficient (Wildman–Crippen LogP) is 3.74. The van der Waals surface area contributed by atoms with Crippen LogP contribution in [0.1, 0.15) is 65.7 Å². The normalized spacial score (nSPS) is 48.0. The Hall–Kier alpha value is -0.0800. The lowest BCUT2D eigenvalue weighted by Crippen LogP contribution is -2.37. The van der Waals surface area contributed by atoms with Crippen LogP contribution < -0.4 is 5.73 Å². The van der Waals surface area contributed by atoms with Gasteiger partial charge in [0.25, 0.3) is 0 Å². The molecule has 0 amide bonds. The fourth-order valence-electron chi connectivity index (χ4n) is 5.17. The molecule has 0 heterocycles. The molecule has 3 saturated carbocycles. The Morgan fingerprint density at radius 1 is 1.16 bits per heavy atom. The van der Waals surface area contributed by atoms with Gasteiger partial charge in [-0.05, 0) is 61.2 Å².